The van der Waals surface area contributed by atoms with Crippen molar-refractivity contribution in [1.82, 2.24) is 0 Å². The summed E-state index contributed by atoms with van der Waals surface area (Å²) in [7, 11) is 4.34. The molecule has 0 aromatic heterocycles. The molecular weight excluding hydrogens is 362 g/mol. The minimum atomic E-state index is -0.702. The average molecular weight is 415 g/mol. The van der Waals surface area contributed by atoms with E-state index in [2.05, 4.69) is 21.0 Å². The van der Waals surface area contributed by atoms with E-state index in [1.807, 2.05) is 0 Å². The largest absolute Gasteiger partial charge is 0.481 e. The number of quaternary nitrogens is 1. The second-order valence-corrected chi connectivity index (χ2v) is 9.73. The molecule has 0 fully saturated rings. The van der Waals surface area contributed by atoms with E-state index in [-0.39, 0.29) is 12.5 Å². The SMILES string of the molecule is CCCCCCCCCCCCCCCC(O)C[N+](C)(C)CCCCCC(=O)O. The smallest absolute Gasteiger partial charge is 0.303 e. The van der Waals surface area contributed by atoms with Gasteiger partial charge >= 0.3 is 5.97 Å². The second-order valence-electron chi connectivity index (χ2n) is 9.73. The van der Waals surface area contributed by atoms with Crippen molar-refractivity contribution in [2.75, 3.05) is 27.2 Å². The van der Waals surface area contributed by atoms with Crippen LogP contribution >= 0.6 is 0 Å². The van der Waals surface area contributed by atoms with Gasteiger partial charge in [0.25, 0.3) is 0 Å². The standard InChI is InChI=1S/C25H51NO3/c1-4-5-6-7-8-9-10-11-12-13-14-15-17-20-24(27)23-26(2,3)22-19-16-18-21-25(28)29/h24,27H,4-23H2,1-3H3/p+1. The molecule has 0 heterocycles. The van der Waals surface area contributed by atoms with Gasteiger partial charge in [-0.05, 0) is 25.7 Å². The van der Waals surface area contributed by atoms with Gasteiger partial charge in [-0.1, -0.05) is 90.4 Å². The van der Waals surface area contributed by atoms with Gasteiger partial charge in [0.05, 0.1) is 20.6 Å². The molecule has 0 radical (unpaired) electrons. The molecule has 1 unspecified atom stereocenters. The number of aliphatic hydroxyl groups excluding tert-OH is 1. The Hall–Kier alpha value is -0.610. The Bertz CT molecular complexity index is 371. The van der Waals surface area contributed by atoms with Crippen LogP contribution in [-0.2, 0) is 4.79 Å². The van der Waals surface area contributed by atoms with E-state index < -0.39 is 5.97 Å². The topological polar surface area (TPSA) is 57.5 Å². The van der Waals surface area contributed by atoms with Gasteiger partial charge in [0.2, 0.25) is 0 Å². The summed E-state index contributed by atoms with van der Waals surface area (Å²) < 4.78 is 0.826. The summed E-state index contributed by atoms with van der Waals surface area (Å²) in [5.41, 5.74) is 0. The number of hydrogen-bond donors (Lipinski definition) is 2. The van der Waals surface area contributed by atoms with Gasteiger partial charge in [-0.3, -0.25) is 4.79 Å². The Balaban J connectivity index is 3.45. The normalized spacial score (nSPS) is 13.0. The van der Waals surface area contributed by atoms with Gasteiger partial charge in [-0.25, -0.2) is 0 Å². The van der Waals surface area contributed by atoms with Crippen LogP contribution in [0.2, 0.25) is 0 Å². The first-order chi connectivity index (χ1) is 13.9. The fourth-order valence-corrected chi connectivity index (χ4v) is 4.14. The molecule has 0 saturated carbocycles. The van der Waals surface area contributed by atoms with Crippen molar-refractivity contribution in [3.63, 3.8) is 0 Å². The number of hydrogen-bond acceptors (Lipinski definition) is 2. The molecule has 174 valence electrons. The highest BCUT2D eigenvalue weighted by atomic mass is 16.4. The van der Waals surface area contributed by atoms with Crippen LogP contribution in [0.5, 0.6) is 0 Å². The molecule has 0 aliphatic heterocycles. The van der Waals surface area contributed by atoms with Crippen molar-refractivity contribution in [3.8, 4) is 0 Å². The van der Waals surface area contributed by atoms with Crippen LogP contribution in [0.15, 0.2) is 0 Å². The second kappa shape index (κ2) is 19.4. The highest BCUT2D eigenvalue weighted by molar-refractivity contribution is 5.66. The third-order valence-electron chi connectivity index (χ3n) is 6.00. The van der Waals surface area contributed by atoms with Crippen LogP contribution in [0.1, 0.15) is 122 Å². The monoisotopic (exact) mass is 414 g/mol. The molecule has 0 aliphatic rings. The highest BCUT2D eigenvalue weighted by Gasteiger charge is 2.19. The lowest BCUT2D eigenvalue weighted by molar-refractivity contribution is -0.893. The lowest BCUT2D eigenvalue weighted by Gasteiger charge is -2.32. The average Bonchev–Trinajstić information content (AvgIpc) is 2.64. The molecule has 29 heavy (non-hydrogen) atoms. The molecule has 1 atom stereocenters. The number of carbonyl (C=O) groups is 1. The number of rotatable bonds is 22. The zero-order valence-electron chi connectivity index (χ0n) is 20.0. The molecule has 4 heteroatoms. The summed E-state index contributed by atoms with van der Waals surface area (Å²) in [4.78, 5) is 10.5. The predicted molar refractivity (Wildman–Crippen MR) is 124 cm³/mol. The van der Waals surface area contributed by atoms with Crippen LogP contribution < -0.4 is 0 Å². The Morgan fingerprint density at radius 3 is 1.66 bits per heavy atom. The fourth-order valence-electron chi connectivity index (χ4n) is 4.14. The Kier molecular flexibility index (Phi) is 19.0. The van der Waals surface area contributed by atoms with Crippen molar-refractivity contribution >= 4 is 5.97 Å². The summed E-state index contributed by atoms with van der Waals surface area (Å²) in [6.07, 6.45) is 21.4. The Morgan fingerprint density at radius 1 is 0.724 bits per heavy atom. The number of carboxylic acids is 1. The maximum atomic E-state index is 10.5. The third kappa shape index (κ3) is 21.9. The minimum absolute atomic E-state index is 0.211. The quantitative estimate of drug-likeness (QED) is 0.156. The van der Waals surface area contributed by atoms with Crippen molar-refractivity contribution in [2.45, 2.75) is 129 Å². The molecule has 0 amide bonds. The summed E-state index contributed by atoms with van der Waals surface area (Å²) in [6.45, 7) is 4.09. The fraction of sp³-hybridized carbons (Fsp3) is 0.960. The Labute approximate surface area is 181 Å². The van der Waals surface area contributed by atoms with Gasteiger partial charge < -0.3 is 14.7 Å². The number of unbranched alkanes of at least 4 members (excludes halogenated alkanes) is 14. The van der Waals surface area contributed by atoms with E-state index in [1.54, 1.807) is 0 Å². The van der Waals surface area contributed by atoms with Crippen molar-refractivity contribution in [1.29, 1.82) is 0 Å². The third-order valence-corrected chi connectivity index (χ3v) is 6.00. The number of aliphatic hydroxyl groups is 1. The summed E-state index contributed by atoms with van der Waals surface area (Å²) in [5.74, 6) is -0.702. The molecular formula is C25H52NO3+. The van der Waals surface area contributed by atoms with Crippen molar-refractivity contribution < 1.29 is 19.5 Å². The van der Waals surface area contributed by atoms with Gasteiger partial charge in [0.1, 0.15) is 12.6 Å². The molecule has 0 aromatic rings. The minimum Gasteiger partial charge on any atom is -0.481 e. The zero-order chi connectivity index (χ0) is 21.8. The maximum Gasteiger partial charge on any atom is 0.303 e. The van der Waals surface area contributed by atoms with E-state index >= 15 is 0 Å². The van der Waals surface area contributed by atoms with Crippen LogP contribution in [0, 0.1) is 0 Å². The zero-order valence-corrected chi connectivity index (χ0v) is 20.0. The van der Waals surface area contributed by atoms with E-state index in [0.29, 0.717) is 0 Å². The first-order valence-electron chi connectivity index (χ1n) is 12.6. The first-order valence-corrected chi connectivity index (χ1v) is 12.6. The Morgan fingerprint density at radius 2 is 1.17 bits per heavy atom. The summed E-state index contributed by atoms with van der Waals surface area (Å²) in [6, 6.07) is 0. The molecule has 4 nitrogen and oxygen atoms in total. The van der Waals surface area contributed by atoms with E-state index in [1.165, 1.54) is 77.0 Å². The molecule has 2 N–H and O–H groups in total. The van der Waals surface area contributed by atoms with Crippen LogP contribution in [-0.4, -0.2) is 54.0 Å². The molecule has 0 saturated heterocycles. The van der Waals surface area contributed by atoms with Gasteiger partial charge in [0.15, 0.2) is 0 Å². The van der Waals surface area contributed by atoms with Crippen molar-refractivity contribution in [3.05, 3.63) is 0 Å². The van der Waals surface area contributed by atoms with Gasteiger partial charge in [-0.2, -0.15) is 0 Å². The highest BCUT2D eigenvalue weighted by Crippen LogP contribution is 2.14. The van der Waals surface area contributed by atoms with Gasteiger partial charge in [-0.15, -0.1) is 0 Å². The maximum absolute atomic E-state index is 10.5. The number of carboxylic acid groups (broad SMARTS) is 1. The van der Waals surface area contributed by atoms with Crippen molar-refractivity contribution in [2.24, 2.45) is 0 Å². The van der Waals surface area contributed by atoms with Crippen LogP contribution in [0.4, 0.5) is 0 Å². The molecule has 0 aromatic carbocycles. The molecule has 0 bridgehead atoms. The lowest BCUT2D eigenvalue weighted by Crippen LogP contribution is -2.46. The number of nitrogens with zero attached hydrogens (tertiary/aromatic N) is 1. The molecule has 0 rings (SSSR count). The molecule has 0 spiro atoms. The molecule has 0 aliphatic carbocycles. The summed E-state index contributed by atoms with van der Waals surface area (Å²) in [5, 5.41) is 19.0. The van der Waals surface area contributed by atoms with Gasteiger partial charge in [0, 0.05) is 6.42 Å². The summed E-state index contributed by atoms with van der Waals surface area (Å²) >= 11 is 0. The van der Waals surface area contributed by atoms with E-state index in [4.69, 9.17) is 5.11 Å². The van der Waals surface area contributed by atoms with Crippen LogP contribution in [0.3, 0.4) is 0 Å². The van der Waals surface area contributed by atoms with E-state index in [0.717, 1.165) is 49.7 Å². The number of aliphatic carboxylic acids is 1. The number of likely N-dealkylation sites (N-methyl/N-ethyl adjacent to an activating group) is 1. The first kappa shape index (κ1) is 28.4. The van der Waals surface area contributed by atoms with E-state index in [9.17, 15) is 9.90 Å². The lowest BCUT2D eigenvalue weighted by atomic mass is 10.0. The predicted octanol–water partition coefficient (Wildman–Crippen LogP) is 6.55. The van der Waals surface area contributed by atoms with Crippen LogP contribution in [0.25, 0.3) is 0 Å².